The minimum atomic E-state index is 0.0755. The molecule has 0 N–H and O–H groups in total. The Kier molecular flexibility index (Phi) is 3.51. The largest absolute Gasteiger partial charge is 0.247 e. The van der Waals surface area contributed by atoms with E-state index in [4.69, 9.17) is 4.98 Å². The molecule has 0 radical (unpaired) electrons. The smallest absolute Gasteiger partial charge is 0.0747 e. The lowest BCUT2D eigenvalue weighted by Crippen LogP contribution is -2.15. The summed E-state index contributed by atoms with van der Waals surface area (Å²) >= 11 is 0. The first-order chi connectivity index (χ1) is 10.6. The third-order valence-corrected chi connectivity index (χ3v) is 5.39. The van der Waals surface area contributed by atoms with Crippen molar-refractivity contribution < 1.29 is 0 Å². The number of pyridine rings is 1. The molecule has 1 aromatic heterocycles. The number of fused-ring (bicyclic) bond motifs is 2. The monoisotopic (exact) mass is 305 g/mol. The first-order valence-corrected chi connectivity index (χ1v) is 8.44. The molecule has 0 unspecified atom stereocenters. The van der Waals surface area contributed by atoms with Crippen LogP contribution >= 0.6 is 0 Å². The molecule has 0 spiro atoms. The van der Waals surface area contributed by atoms with E-state index in [-0.39, 0.29) is 5.41 Å². The Hall–Kier alpha value is -1.89. The quantitative estimate of drug-likeness (QED) is 0.449. The molecule has 1 heterocycles. The predicted octanol–water partition coefficient (Wildman–Crippen LogP) is 6.23. The minimum absolute atomic E-state index is 0.0755. The maximum absolute atomic E-state index is 5.11. The molecule has 0 bridgehead atoms. The molecular weight excluding hydrogens is 278 g/mol. The Labute approximate surface area is 139 Å². The number of aromatic nitrogens is 1. The van der Waals surface area contributed by atoms with Crippen LogP contribution in [0.4, 0.5) is 0 Å². The van der Waals surface area contributed by atoms with E-state index in [1.54, 1.807) is 0 Å². The molecule has 1 heteroatoms. The number of benzene rings is 2. The van der Waals surface area contributed by atoms with Gasteiger partial charge in [0, 0.05) is 10.8 Å². The van der Waals surface area contributed by atoms with Crippen molar-refractivity contribution in [2.45, 2.75) is 60.8 Å². The van der Waals surface area contributed by atoms with E-state index < -0.39 is 0 Å². The highest BCUT2D eigenvalue weighted by Crippen LogP contribution is 2.40. The summed E-state index contributed by atoms with van der Waals surface area (Å²) in [5, 5.41) is 2.66. The summed E-state index contributed by atoms with van der Waals surface area (Å²) in [6.07, 6.45) is 0. The van der Waals surface area contributed by atoms with E-state index in [1.807, 2.05) is 0 Å². The molecule has 0 amide bonds. The average molecular weight is 305 g/mol. The van der Waals surface area contributed by atoms with Crippen LogP contribution in [0.5, 0.6) is 0 Å². The van der Waals surface area contributed by atoms with Gasteiger partial charge in [-0.3, -0.25) is 0 Å². The van der Waals surface area contributed by atoms with Crippen molar-refractivity contribution in [3.05, 3.63) is 51.6 Å². The van der Waals surface area contributed by atoms with Gasteiger partial charge in [-0.2, -0.15) is 0 Å². The molecule has 3 rings (SSSR count). The lowest BCUT2D eigenvalue weighted by Gasteiger charge is -2.27. The maximum Gasteiger partial charge on any atom is 0.0747 e. The SMILES string of the molecule is Cc1c(C)c(C)c2c(C(C)(C)C)c3cccc(C)c3nc2c1C. The lowest BCUT2D eigenvalue weighted by atomic mass is 9.79. The second-order valence-corrected chi connectivity index (χ2v) is 7.93. The van der Waals surface area contributed by atoms with Crippen LogP contribution < -0.4 is 0 Å². The topological polar surface area (TPSA) is 12.9 Å². The van der Waals surface area contributed by atoms with Crippen LogP contribution in [0.1, 0.15) is 54.2 Å². The zero-order chi connectivity index (χ0) is 17.1. The number of rotatable bonds is 0. The Bertz CT molecular complexity index is 940. The molecular formula is C22H27N. The van der Waals surface area contributed by atoms with E-state index in [1.165, 1.54) is 49.7 Å². The third-order valence-electron chi connectivity index (χ3n) is 5.39. The van der Waals surface area contributed by atoms with Gasteiger partial charge in [-0.05, 0) is 73.4 Å². The van der Waals surface area contributed by atoms with Gasteiger partial charge in [-0.25, -0.2) is 4.98 Å². The fourth-order valence-corrected chi connectivity index (χ4v) is 3.77. The Morgan fingerprint density at radius 3 is 1.96 bits per heavy atom. The first kappa shape index (κ1) is 16.0. The minimum Gasteiger partial charge on any atom is -0.247 e. The molecule has 0 aliphatic carbocycles. The summed E-state index contributed by atoms with van der Waals surface area (Å²) in [6, 6.07) is 6.56. The van der Waals surface area contributed by atoms with E-state index >= 15 is 0 Å². The van der Waals surface area contributed by atoms with Crippen molar-refractivity contribution in [2.24, 2.45) is 0 Å². The molecule has 0 atom stereocenters. The molecule has 23 heavy (non-hydrogen) atoms. The summed E-state index contributed by atoms with van der Waals surface area (Å²) in [7, 11) is 0. The van der Waals surface area contributed by atoms with Gasteiger partial charge >= 0.3 is 0 Å². The van der Waals surface area contributed by atoms with E-state index in [9.17, 15) is 0 Å². The zero-order valence-electron chi connectivity index (χ0n) is 15.7. The standard InChI is InChI=1S/C22H27N/c1-12-10-9-11-17-19(22(6,7)8)18-15(4)13(2)14(3)16(5)21(18)23-20(12)17/h9-11H,1-8H3. The van der Waals surface area contributed by atoms with Crippen molar-refractivity contribution >= 4 is 21.8 Å². The average Bonchev–Trinajstić information content (AvgIpc) is 2.48. The molecule has 1 nitrogen and oxygen atoms in total. The molecule has 0 aliphatic rings. The van der Waals surface area contributed by atoms with Crippen molar-refractivity contribution in [2.75, 3.05) is 0 Å². The number of aryl methyl sites for hydroxylation is 3. The van der Waals surface area contributed by atoms with Gasteiger partial charge in [0.05, 0.1) is 11.0 Å². The highest BCUT2D eigenvalue weighted by Gasteiger charge is 2.24. The molecule has 0 saturated heterocycles. The Morgan fingerprint density at radius 2 is 1.35 bits per heavy atom. The van der Waals surface area contributed by atoms with Crippen molar-refractivity contribution in [3.8, 4) is 0 Å². The number of hydrogen-bond donors (Lipinski definition) is 0. The van der Waals surface area contributed by atoms with Gasteiger partial charge in [0.2, 0.25) is 0 Å². The van der Waals surface area contributed by atoms with Gasteiger partial charge < -0.3 is 0 Å². The zero-order valence-corrected chi connectivity index (χ0v) is 15.7. The Morgan fingerprint density at radius 1 is 0.739 bits per heavy atom. The second-order valence-electron chi connectivity index (χ2n) is 7.93. The van der Waals surface area contributed by atoms with Crippen LogP contribution in [0.15, 0.2) is 18.2 Å². The molecule has 3 aromatic rings. The van der Waals surface area contributed by atoms with Crippen LogP contribution in [0.3, 0.4) is 0 Å². The normalized spacial score (nSPS) is 12.3. The summed E-state index contributed by atoms with van der Waals surface area (Å²) in [6.45, 7) is 18.0. The first-order valence-electron chi connectivity index (χ1n) is 8.44. The van der Waals surface area contributed by atoms with E-state index in [2.05, 4.69) is 73.6 Å². The third kappa shape index (κ3) is 2.25. The lowest BCUT2D eigenvalue weighted by molar-refractivity contribution is 0.600. The van der Waals surface area contributed by atoms with Crippen LogP contribution in [-0.4, -0.2) is 4.98 Å². The van der Waals surface area contributed by atoms with Gasteiger partial charge in [-0.15, -0.1) is 0 Å². The predicted molar refractivity (Wildman–Crippen MR) is 102 cm³/mol. The summed E-state index contributed by atoms with van der Waals surface area (Å²) in [4.78, 5) is 5.11. The molecule has 2 aromatic carbocycles. The Balaban J connectivity index is 2.74. The molecule has 0 saturated carbocycles. The van der Waals surface area contributed by atoms with Crippen LogP contribution in [0.25, 0.3) is 21.8 Å². The summed E-state index contributed by atoms with van der Waals surface area (Å²) in [5.74, 6) is 0. The maximum atomic E-state index is 5.11. The van der Waals surface area contributed by atoms with Crippen molar-refractivity contribution in [1.82, 2.24) is 4.98 Å². The second kappa shape index (κ2) is 5.06. The number of para-hydroxylation sites is 1. The van der Waals surface area contributed by atoms with Gasteiger partial charge in [0.25, 0.3) is 0 Å². The van der Waals surface area contributed by atoms with Crippen LogP contribution in [0.2, 0.25) is 0 Å². The van der Waals surface area contributed by atoms with Crippen molar-refractivity contribution in [1.29, 1.82) is 0 Å². The van der Waals surface area contributed by atoms with Gasteiger partial charge in [-0.1, -0.05) is 39.0 Å². The molecule has 0 aliphatic heterocycles. The van der Waals surface area contributed by atoms with Gasteiger partial charge in [0.1, 0.15) is 0 Å². The number of nitrogens with zero attached hydrogens (tertiary/aromatic N) is 1. The summed E-state index contributed by atoms with van der Waals surface area (Å²) < 4.78 is 0. The van der Waals surface area contributed by atoms with Crippen LogP contribution in [-0.2, 0) is 5.41 Å². The number of hydrogen-bond acceptors (Lipinski definition) is 1. The van der Waals surface area contributed by atoms with Crippen LogP contribution in [0, 0.1) is 34.6 Å². The highest BCUT2D eigenvalue weighted by atomic mass is 14.7. The van der Waals surface area contributed by atoms with E-state index in [0.29, 0.717) is 0 Å². The molecule has 120 valence electrons. The fourth-order valence-electron chi connectivity index (χ4n) is 3.77. The van der Waals surface area contributed by atoms with Crippen molar-refractivity contribution in [3.63, 3.8) is 0 Å². The summed E-state index contributed by atoms with van der Waals surface area (Å²) in [5.41, 5.74) is 10.6. The molecule has 0 fully saturated rings. The van der Waals surface area contributed by atoms with Gasteiger partial charge in [0.15, 0.2) is 0 Å². The fraction of sp³-hybridized carbons (Fsp3) is 0.409. The van der Waals surface area contributed by atoms with E-state index in [0.717, 1.165) is 5.52 Å². The highest BCUT2D eigenvalue weighted by molar-refractivity contribution is 6.02.